The maximum atomic E-state index is 13.3. The number of fused-ring (bicyclic) bond motifs is 2. The first-order valence-corrected chi connectivity index (χ1v) is 11.8. The Kier molecular flexibility index (Phi) is 7.19. The van der Waals surface area contributed by atoms with Crippen LogP contribution in [0.3, 0.4) is 0 Å². The lowest BCUT2D eigenvalue weighted by Crippen LogP contribution is -2.53. The lowest BCUT2D eigenvalue weighted by molar-refractivity contribution is -0.159. The van der Waals surface area contributed by atoms with Crippen LogP contribution in [0, 0.1) is 25.7 Å². The number of hydrogen-bond donors (Lipinski definition) is 2. The molecule has 0 heterocycles. The van der Waals surface area contributed by atoms with Gasteiger partial charge in [0.05, 0.1) is 11.1 Å². The van der Waals surface area contributed by atoms with Crippen molar-refractivity contribution in [3.63, 3.8) is 0 Å². The van der Waals surface area contributed by atoms with Gasteiger partial charge in [0.15, 0.2) is 0 Å². The van der Waals surface area contributed by atoms with E-state index in [-0.39, 0.29) is 17.2 Å². The van der Waals surface area contributed by atoms with E-state index in [1.807, 2.05) is 0 Å². The number of nitrogens with one attached hydrogen (secondary N) is 1. The standard InChI is InChI=1S/C27H29NO7/c1-15-5-3-7-19(11-15)26(32)34-22(24(29)28-21-14-17-9-10-18(21)13-17)23(25(30)31)35-27(33)20-8-4-6-16(2)12-20/h3-8,11-12,17-18,21-23H,9-10,13-14H2,1-2H3,(H,28,29)(H,30,31)/t17-,18-,21-,22-,23-/m0/s1. The highest BCUT2D eigenvalue weighted by molar-refractivity contribution is 5.97. The van der Waals surface area contributed by atoms with Gasteiger partial charge in [0, 0.05) is 6.04 Å². The second-order valence-corrected chi connectivity index (χ2v) is 9.52. The Balaban J connectivity index is 1.58. The van der Waals surface area contributed by atoms with E-state index in [0.717, 1.165) is 36.8 Å². The van der Waals surface area contributed by atoms with Crippen molar-refractivity contribution in [2.45, 2.75) is 57.8 Å². The van der Waals surface area contributed by atoms with Crippen molar-refractivity contribution in [2.75, 3.05) is 0 Å². The summed E-state index contributed by atoms with van der Waals surface area (Å²) in [6.07, 6.45) is 0.0609. The third-order valence-electron chi connectivity index (χ3n) is 6.82. The molecule has 2 bridgehead atoms. The molecule has 0 spiro atoms. The molecular formula is C27H29NO7. The largest absolute Gasteiger partial charge is 0.478 e. The van der Waals surface area contributed by atoms with E-state index in [9.17, 15) is 24.3 Å². The van der Waals surface area contributed by atoms with Gasteiger partial charge in [0.2, 0.25) is 12.2 Å². The fourth-order valence-corrected chi connectivity index (χ4v) is 5.09. The monoisotopic (exact) mass is 479 g/mol. The Bertz CT molecular complexity index is 1140. The summed E-state index contributed by atoms with van der Waals surface area (Å²) in [6.45, 7) is 3.57. The number of carboxylic acids is 1. The van der Waals surface area contributed by atoms with Gasteiger partial charge in [-0.15, -0.1) is 0 Å². The van der Waals surface area contributed by atoms with Gasteiger partial charge in [0.1, 0.15) is 0 Å². The Morgan fingerprint density at radius 3 is 1.89 bits per heavy atom. The van der Waals surface area contributed by atoms with Crippen LogP contribution in [0.4, 0.5) is 0 Å². The zero-order valence-electron chi connectivity index (χ0n) is 19.7. The van der Waals surface area contributed by atoms with Crippen molar-refractivity contribution in [3.05, 3.63) is 70.8 Å². The van der Waals surface area contributed by atoms with Crippen molar-refractivity contribution >= 4 is 23.8 Å². The highest BCUT2D eigenvalue weighted by Crippen LogP contribution is 2.44. The van der Waals surface area contributed by atoms with Crippen LogP contribution in [0.25, 0.3) is 0 Å². The molecule has 35 heavy (non-hydrogen) atoms. The molecule has 8 nitrogen and oxygen atoms in total. The van der Waals surface area contributed by atoms with Gasteiger partial charge in [-0.05, 0) is 69.2 Å². The molecule has 8 heteroatoms. The molecule has 1 amide bonds. The van der Waals surface area contributed by atoms with Crippen LogP contribution in [0.1, 0.15) is 57.5 Å². The first-order valence-electron chi connectivity index (χ1n) is 11.8. The Hall–Kier alpha value is -3.68. The third-order valence-corrected chi connectivity index (χ3v) is 6.82. The van der Waals surface area contributed by atoms with Crippen molar-refractivity contribution in [2.24, 2.45) is 11.8 Å². The summed E-state index contributed by atoms with van der Waals surface area (Å²) in [5, 5.41) is 12.8. The number of carbonyl (C=O) groups excluding carboxylic acids is 3. The van der Waals surface area contributed by atoms with E-state index in [0.29, 0.717) is 11.8 Å². The Labute approximate surface area is 203 Å². The number of esters is 2. The highest BCUT2D eigenvalue weighted by Gasteiger charge is 2.45. The lowest BCUT2D eigenvalue weighted by atomic mass is 9.95. The molecule has 184 valence electrons. The molecule has 2 aromatic carbocycles. The number of ether oxygens (including phenoxy) is 2. The van der Waals surface area contributed by atoms with Crippen molar-refractivity contribution in [1.82, 2.24) is 5.32 Å². The van der Waals surface area contributed by atoms with Crippen LogP contribution in [0.5, 0.6) is 0 Å². The summed E-state index contributed by atoms with van der Waals surface area (Å²) in [7, 11) is 0. The minimum Gasteiger partial charge on any atom is -0.478 e. The summed E-state index contributed by atoms with van der Waals surface area (Å²) >= 11 is 0. The van der Waals surface area contributed by atoms with E-state index in [1.165, 1.54) is 12.1 Å². The zero-order chi connectivity index (χ0) is 25.1. The smallest absolute Gasteiger partial charge is 0.349 e. The fraction of sp³-hybridized carbons (Fsp3) is 0.407. The van der Waals surface area contributed by atoms with Crippen molar-refractivity contribution in [3.8, 4) is 0 Å². The number of aliphatic carboxylic acids is 1. The van der Waals surface area contributed by atoms with Gasteiger partial charge in [-0.25, -0.2) is 14.4 Å². The van der Waals surface area contributed by atoms with Gasteiger partial charge >= 0.3 is 17.9 Å². The summed E-state index contributed by atoms with van der Waals surface area (Å²) in [4.78, 5) is 51.1. The molecule has 2 aromatic rings. The molecule has 2 fully saturated rings. The molecule has 0 unspecified atom stereocenters. The average Bonchev–Trinajstić information content (AvgIpc) is 3.44. The molecule has 4 rings (SSSR count). The second kappa shape index (κ2) is 10.3. The summed E-state index contributed by atoms with van der Waals surface area (Å²) in [5.41, 5.74) is 1.87. The summed E-state index contributed by atoms with van der Waals surface area (Å²) in [6, 6.07) is 12.9. The van der Waals surface area contributed by atoms with Gasteiger partial charge in [0.25, 0.3) is 5.91 Å². The van der Waals surface area contributed by atoms with Crippen LogP contribution in [0.15, 0.2) is 48.5 Å². The highest BCUT2D eigenvalue weighted by atomic mass is 16.6. The van der Waals surface area contributed by atoms with Gasteiger partial charge in [-0.3, -0.25) is 4.79 Å². The van der Waals surface area contributed by atoms with E-state index in [1.54, 1.807) is 50.2 Å². The van der Waals surface area contributed by atoms with E-state index >= 15 is 0 Å². The number of benzene rings is 2. The normalized spacial score (nSPS) is 22.2. The zero-order valence-corrected chi connectivity index (χ0v) is 19.7. The molecule has 2 saturated carbocycles. The molecule has 0 radical (unpaired) electrons. The topological polar surface area (TPSA) is 119 Å². The van der Waals surface area contributed by atoms with Crippen LogP contribution < -0.4 is 5.32 Å². The molecule has 5 atom stereocenters. The van der Waals surface area contributed by atoms with Crippen LogP contribution in [-0.4, -0.2) is 47.2 Å². The maximum Gasteiger partial charge on any atom is 0.349 e. The summed E-state index contributed by atoms with van der Waals surface area (Å²) in [5.74, 6) is -3.32. The number of carboxylic acid groups (broad SMARTS) is 1. The van der Waals surface area contributed by atoms with E-state index < -0.39 is 36.0 Å². The minimum atomic E-state index is -2.02. The van der Waals surface area contributed by atoms with Crippen LogP contribution >= 0.6 is 0 Å². The predicted molar refractivity (Wildman–Crippen MR) is 126 cm³/mol. The molecule has 0 saturated heterocycles. The van der Waals surface area contributed by atoms with Gasteiger partial charge in [-0.1, -0.05) is 41.8 Å². The quantitative estimate of drug-likeness (QED) is 0.557. The van der Waals surface area contributed by atoms with E-state index in [4.69, 9.17) is 9.47 Å². The number of hydrogen-bond acceptors (Lipinski definition) is 6. The first-order chi connectivity index (χ1) is 16.7. The third kappa shape index (κ3) is 5.70. The van der Waals surface area contributed by atoms with Crippen molar-refractivity contribution < 1.29 is 33.8 Å². The lowest BCUT2D eigenvalue weighted by Gasteiger charge is -2.28. The average molecular weight is 480 g/mol. The maximum absolute atomic E-state index is 13.3. The van der Waals surface area contributed by atoms with Crippen molar-refractivity contribution in [1.29, 1.82) is 0 Å². The minimum absolute atomic E-state index is 0.122. The SMILES string of the molecule is Cc1cccc(C(=O)O[C@H](C(=O)O)[C@H](OC(=O)c2cccc(C)c2)C(=O)N[C@H]2C[C@H]3CC[C@H]2C3)c1. The Morgan fingerprint density at radius 1 is 0.857 bits per heavy atom. The Morgan fingerprint density at radius 2 is 1.43 bits per heavy atom. The number of amides is 1. The predicted octanol–water partition coefficient (Wildman–Crippen LogP) is 3.44. The number of rotatable bonds is 8. The number of aryl methyl sites for hydroxylation is 2. The van der Waals surface area contributed by atoms with Crippen LogP contribution in [0.2, 0.25) is 0 Å². The molecule has 0 aliphatic heterocycles. The summed E-state index contributed by atoms with van der Waals surface area (Å²) < 4.78 is 10.7. The first kappa shape index (κ1) is 24.4. The van der Waals surface area contributed by atoms with E-state index in [2.05, 4.69) is 5.32 Å². The van der Waals surface area contributed by atoms with Crippen LogP contribution in [-0.2, 0) is 19.1 Å². The molecule has 0 aromatic heterocycles. The van der Waals surface area contributed by atoms with Gasteiger partial charge < -0.3 is 19.9 Å². The molecule has 2 N–H and O–H groups in total. The molecule has 2 aliphatic carbocycles. The fourth-order valence-electron chi connectivity index (χ4n) is 5.09. The second-order valence-electron chi connectivity index (χ2n) is 9.52. The molecule has 2 aliphatic rings. The number of carbonyl (C=O) groups is 4. The van der Waals surface area contributed by atoms with Gasteiger partial charge in [-0.2, -0.15) is 0 Å². The molecular weight excluding hydrogens is 450 g/mol.